The van der Waals surface area contributed by atoms with Crippen LogP contribution in [-0.4, -0.2) is 55.4 Å². The topological polar surface area (TPSA) is 125 Å². The summed E-state index contributed by atoms with van der Waals surface area (Å²) in [6.45, 7) is 0.554. The molecule has 0 spiro atoms. The van der Waals surface area contributed by atoms with Crippen LogP contribution in [0, 0.1) is 0 Å². The van der Waals surface area contributed by atoms with Crippen molar-refractivity contribution in [2.75, 3.05) is 12.3 Å². The number of rotatable bonds is 7. The van der Waals surface area contributed by atoms with Gasteiger partial charge in [0.15, 0.2) is 10.0 Å². The molecule has 3 rings (SSSR count). The Balaban J connectivity index is 1.57. The van der Waals surface area contributed by atoms with Gasteiger partial charge >= 0.3 is 5.97 Å². The first-order valence-corrected chi connectivity index (χ1v) is 9.28. The molecule has 1 fully saturated rings. The van der Waals surface area contributed by atoms with E-state index >= 15 is 0 Å². The highest BCUT2D eigenvalue weighted by Crippen LogP contribution is 2.29. The van der Waals surface area contributed by atoms with Gasteiger partial charge in [0.1, 0.15) is 0 Å². The van der Waals surface area contributed by atoms with Gasteiger partial charge in [-0.05, 0) is 12.5 Å². The zero-order valence-corrected chi connectivity index (χ0v) is 14.3. The molecule has 1 saturated heterocycles. The molecule has 1 aliphatic heterocycles. The predicted octanol–water partition coefficient (Wildman–Crippen LogP) is 1.35. The van der Waals surface area contributed by atoms with Crippen LogP contribution in [0.4, 0.5) is 0 Å². The first kappa shape index (κ1) is 16.9. The molecule has 4 N–H and O–H groups in total. The van der Waals surface area contributed by atoms with E-state index in [0.717, 1.165) is 12.1 Å². The van der Waals surface area contributed by atoms with E-state index in [9.17, 15) is 9.59 Å². The minimum Gasteiger partial charge on any atom is -0.476 e. The van der Waals surface area contributed by atoms with Crippen LogP contribution in [-0.2, 0) is 4.79 Å². The maximum Gasteiger partial charge on any atom is 0.355 e. The van der Waals surface area contributed by atoms with E-state index in [0.29, 0.717) is 23.1 Å². The highest BCUT2D eigenvalue weighted by atomic mass is 32.2. The molecule has 1 unspecified atom stereocenters. The highest BCUT2D eigenvalue weighted by Gasteiger charge is 2.35. The van der Waals surface area contributed by atoms with Gasteiger partial charge in [-0.15, -0.1) is 11.3 Å². The van der Waals surface area contributed by atoms with Crippen LogP contribution in [0.1, 0.15) is 35.1 Å². The Labute approximate surface area is 146 Å². The quantitative estimate of drug-likeness (QED) is 0.631. The van der Waals surface area contributed by atoms with Gasteiger partial charge in [-0.25, -0.2) is 9.78 Å². The molecule has 3 heterocycles. The number of nitrogens with two attached hydrogens (primary N) is 1. The molecule has 0 saturated carbocycles. The van der Waals surface area contributed by atoms with Gasteiger partial charge in [0.25, 0.3) is 0 Å². The number of hydrogen-bond donors (Lipinski definition) is 3. The van der Waals surface area contributed by atoms with E-state index in [1.54, 1.807) is 6.20 Å². The molecule has 10 heteroatoms. The molecule has 0 radical (unpaired) electrons. The molecule has 2 atom stereocenters. The molecule has 0 bridgehead atoms. The van der Waals surface area contributed by atoms with Crippen LogP contribution >= 0.6 is 23.1 Å². The molecular formula is C14H17N5O3S2. The number of aromatic carboxylic acids is 1. The summed E-state index contributed by atoms with van der Waals surface area (Å²) in [6.07, 6.45) is 2.87. The van der Waals surface area contributed by atoms with Crippen LogP contribution in [0.15, 0.2) is 22.0 Å². The van der Waals surface area contributed by atoms with E-state index in [-0.39, 0.29) is 23.7 Å². The Kier molecular flexibility index (Phi) is 5.17. The first-order valence-electron chi connectivity index (χ1n) is 7.42. The largest absolute Gasteiger partial charge is 0.476 e. The summed E-state index contributed by atoms with van der Waals surface area (Å²) in [5.74, 6) is -0.288. The summed E-state index contributed by atoms with van der Waals surface area (Å²) in [5, 5.41) is 17.2. The monoisotopic (exact) mass is 367 g/mol. The fourth-order valence-electron chi connectivity index (χ4n) is 2.73. The molecule has 0 aromatic carbocycles. The summed E-state index contributed by atoms with van der Waals surface area (Å²) in [6, 6.07) is 1.48. The van der Waals surface area contributed by atoms with E-state index in [2.05, 4.69) is 15.2 Å². The molecule has 0 aliphatic carbocycles. The number of hydrogen-bond acceptors (Lipinski definition) is 7. The number of amides is 1. The van der Waals surface area contributed by atoms with Crippen molar-refractivity contribution in [1.29, 1.82) is 0 Å². The van der Waals surface area contributed by atoms with Gasteiger partial charge in [0, 0.05) is 30.3 Å². The first-order chi connectivity index (χ1) is 11.6. The van der Waals surface area contributed by atoms with Crippen LogP contribution < -0.4 is 5.73 Å². The minimum atomic E-state index is -1.03. The average Bonchev–Trinajstić information content (AvgIpc) is 3.28. The van der Waals surface area contributed by atoms with Crippen LogP contribution in [0.25, 0.3) is 0 Å². The zero-order chi connectivity index (χ0) is 17.1. The SMILES string of the molecule is NC(c1ccn[nH]1)[C@H]1CCC(=O)N1CCSc1nc(C(=O)O)cs1. The fraction of sp³-hybridized carbons (Fsp3) is 0.429. The Morgan fingerprint density at radius 2 is 2.46 bits per heavy atom. The summed E-state index contributed by atoms with van der Waals surface area (Å²) >= 11 is 2.74. The van der Waals surface area contributed by atoms with Crippen LogP contribution in [0.3, 0.4) is 0 Å². The lowest BCUT2D eigenvalue weighted by Gasteiger charge is -2.28. The lowest BCUT2D eigenvalue weighted by Crippen LogP contribution is -2.41. The van der Waals surface area contributed by atoms with Crippen molar-refractivity contribution in [1.82, 2.24) is 20.1 Å². The van der Waals surface area contributed by atoms with Gasteiger partial charge < -0.3 is 15.7 Å². The van der Waals surface area contributed by atoms with Gasteiger partial charge in [-0.1, -0.05) is 11.8 Å². The number of carbonyl (C=O) groups is 2. The number of likely N-dealkylation sites (tertiary alicyclic amines) is 1. The smallest absolute Gasteiger partial charge is 0.355 e. The second-order valence-corrected chi connectivity index (χ2v) is 7.58. The molecule has 2 aromatic rings. The number of carbonyl (C=O) groups excluding carboxylic acids is 1. The standard InChI is InChI=1S/C14H17N5O3S2/c15-12(8-3-4-16-18-8)10-1-2-11(20)19(10)5-6-23-14-17-9(7-24-14)13(21)22/h3-4,7,10,12H,1-2,5-6,15H2,(H,16,18)(H,21,22)/t10-,12?/m1/s1. The summed E-state index contributed by atoms with van der Waals surface area (Å²) in [5.41, 5.74) is 7.14. The third-order valence-electron chi connectivity index (χ3n) is 3.93. The third-order valence-corrected chi connectivity index (χ3v) is 5.93. The molecule has 1 amide bonds. The van der Waals surface area contributed by atoms with E-state index in [4.69, 9.17) is 10.8 Å². The van der Waals surface area contributed by atoms with Crippen LogP contribution in [0.2, 0.25) is 0 Å². The van der Waals surface area contributed by atoms with E-state index in [1.807, 2.05) is 11.0 Å². The third kappa shape index (κ3) is 3.60. The Hall–Kier alpha value is -1.91. The number of thiazole rings is 1. The number of aromatic amines is 1. The van der Waals surface area contributed by atoms with Crippen molar-refractivity contribution in [2.24, 2.45) is 5.73 Å². The maximum absolute atomic E-state index is 12.1. The summed E-state index contributed by atoms with van der Waals surface area (Å²) < 4.78 is 0.688. The molecule has 8 nitrogen and oxygen atoms in total. The molecular weight excluding hydrogens is 350 g/mol. The van der Waals surface area contributed by atoms with Crippen molar-refractivity contribution in [2.45, 2.75) is 29.3 Å². The van der Waals surface area contributed by atoms with Gasteiger partial charge in [0.2, 0.25) is 5.91 Å². The second kappa shape index (κ2) is 7.32. The number of thioether (sulfide) groups is 1. The molecule has 1 aliphatic rings. The normalized spacial score (nSPS) is 19.0. The Morgan fingerprint density at radius 1 is 1.62 bits per heavy atom. The molecule has 128 valence electrons. The minimum absolute atomic E-state index is 0.0515. The number of nitrogens with zero attached hydrogens (tertiary/aromatic N) is 3. The predicted molar refractivity (Wildman–Crippen MR) is 90.0 cm³/mol. The van der Waals surface area contributed by atoms with Crippen molar-refractivity contribution >= 4 is 35.0 Å². The van der Waals surface area contributed by atoms with E-state index in [1.165, 1.54) is 28.5 Å². The van der Waals surface area contributed by atoms with Gasteiger partial charge in [-0.2, -0.15) is 5.10 Å². The van der Waals surface area contributed by atoms with Gasteiger partial charge in [0.05, 0.1) is 17.8 Å². The number of carboxylic acid groups (broad SMARTS) is 1. The zero-order valence-electron chi connectivity index (χ0n) is 12.7. The number of carboxylic acids is 1. The summed E-state index contributed by atoms with van der Waals surface area (Å²) in [7, 11) is 0. The second-order valence-electron chi connectivity index (χ2n) is 5.38. The van der Waals surface area contributed by atoms with Crippen LogP contribution in [0.5, 0.6) is 0 Å². The van der Waals surface area contributed by atoms with Crippen molar-refractivity contribution in [3.63, 3.8) is 0 Å². The number of aromatic nitrogens is 3. The number of H-pyrrole nitrogens is 1. The molecule has 2 aromatic heterocycles. The van der Waals surface area contributed by atoms with E-state index < -0.39 is 5.97 Å². The van der Waals surface area contributed by atoms with Crippen molar-refractivity contribution in [3.05, 3.63) is 29.0 Å². The van der Waals surface area contributed by atoms with Gasteiger partial charge in [-0.3, -0.25) is 9.89 Å². The lowest BCUT2D eigenvalue weighted by molar-refractivity contribution is -0.128. The maximum atomic E-state index is 12.1. The average molecular weight is 367 g/mol. The Bertz CT molecular complexity index is 718. The molecule has 24 heavy (non-hydrogen) atoms. The van der Waals surface area contributed by atoms with Crippen molar-refractivity contribution in [3.8, 4) is 0 Å². The summed E-state index contributed by atoms with van der Waals surface area (Å²) in [4.78, 5) is 28.8. The van der Waals surface area contributed by atoms with Crippen molar-refractivity contribution < 1.29 is 14.7 Å². The lowest BCUT2D eigenvalue weighted by atomic mass is 10.0. The fourth-order valence-corrected chi connectivity index (χ4v) is 4.54. The highest BCUT2D eigenvalue weighted by molar-refractivity contribution is 8.01. The number of nitrogens with one attached hydrogen (secondary N) is 1. The Morgan fingerprint density at radius 3 is 3.12 bits per heavy atom.